The summed E-state index contributed by atoms with van der Waals surface area (Å²) < 4.78 is 69.3. The first kappa shape index (κ1) is 49.0. The van der Waals surface area contributed by atoms with Crippen molar-refractivity contribution < 1.29 is 45.3 Å². The van der Waals surface area contributed by atoms with E-state index in [2.05, 4.69) is 96.1 Å². The molecule has 8 aromatic rings. The van der Waals surface area contributed by atoms with Gasteiger partial charge in [-0.3, -0.25) is 0 Å². The van der Waals surface area contributed by atoms with Gasteiger partial charge in [0.1, 0.15) is 55.2 Å². The molecule has 10 nitrogen and oxygen atoms in total. The monoisotopic (exact) mass is 934 g/mol. The van der Waals surface area contributed by atoms with Crippen LogP contribution in [0.15, 0.2) is 131 Å². The predicted octanol–water partition coefficient (Wildman–Crippen LogP) is 10.2. The van der Waals surface area contributed by atoms with Crippen molar-refractivity contribution in [2.75, 3.05) is 0 Å². The normalized spacial score (nSPS) is 11.5. The van der Waals surface area contributed by atoms with E-state index in [9.17, 15) is 36.2 Å². The first-order valence-corrected chi connectivity index (χ1v) is 24.3. The summed E-state index contributed by atoms with van der Waals surface area (Å²) in [6, 6.07) is 36.4. The quantitative estimate of drug-likeness (QED) is 0.123. The average Bonchev–Trinajstić information content (AvgIpc) is 3.75. The van der Waals surface area contributed by atoms with Crippen LogP contribution in [0, 0.1) is 41.5 Å². The molecule has 14 heteroatoms. The maximum Gasteiger partial charge on any atom is 0.262 e. The zero-order valence-electron chi connectivity index (χ0n) is 36.7. The molecule has 0 aliphatic carbocycles. The van der Waals surface area contributed by atoms with Crippen molar-refractivity contribution in [1.29, 1.82) is 0 Å². The molecule has 2 N–H and O–H groups in total. The van der Waals surface area contributed by atoms with Crippen LogP contribution in [0.25, 0.3) is 44.7 Å². The number of phenolic OH excluding ortho intramolecular Hbond substituents is 2. The van der Waals surface area contributed by atoms with E-state index in [1.54, 1.807) is 46.9 Å². The van der Waals surface area contributed by atoms with Crippen molar-refractivity contribution in [3.63, 3.8) is 0 Å². The van der Waals surface area contributed by atoms with E-state index in [0.717, 1.165) is 44.5 Å². The van der Waals surface area contributed by atoms with Crippen LogP contribution in [0.1, 0.15) is 54.5 Å². The number of aromatic nitrogens is 2. The molecule has 0 saturated heterocycles. The molecule has 0 unspecified atom stereocenters. The number of phenols is 2. The van der Waals surface area contributed by atoms with Gasteiger partial charge in [0.2, 0.25) is 11.0 Å². The van der Waals surface area contributed by atoms with Gasteiger partial charge in [-0.05, 0) is 148 Å². The molecule has 2 heterocycles. The largest absolute Gasteiger partial charge is 0.744 e. The molecule has 2 aromatic heterocycles. The SMILES string of the molecule is Cc1cc(/C=C/c2sc3ccccc3[n+]2C)cc(C)c1O.Cc1cc(/C=C/c2sc3ccccc3[n+]2C)cc(C)c1O.Cc1ccc(S(=O)(=O)[O-])cc1.Cc1ccc(S(=O)(=O)[O-])cc1. The fraction of sp³-hybridized carbons (Fsp3) is 0.160. The zero-order chi connectivity index (χ0) is 46.9. The van der Waals surface area contributed by atoms with Gasteiger partial charge in [-0.2, -0.15) is 9.13 Å². The number of rotatable bonds is 6. The van der Waals surface area contributed by atoms with Crippen molar-refractivity contribution >= 4 is 87.6 Å². The van der Waals surface area contributed by atoms with E-state index >= 15 is 0 Å². The highest BCUT2D eigenvalue weighted by Gasteiger charge is 2.15. The molecule has 332 valence electrons. The molecule has 0 radical (unpaired) electrons. The lowest BCUT2D eigenvalue weighted by molar-refractivity contribution is -0.642. The summed E-state index contributed by atoms with van der Waals surface area (Å²) in [5.41, 5.74) is 10.2. The second-order valence-corrected chi connectivity index (χ2v) is 20.0. The summed E-state index contributed by atoms with van der Waals surface area (Å²) >= 11 is 3.56. The molecule has 0 fully saturated rings. The van der Waals surface area contributed by atoms with Crippen LogP contribution >= 0.6 is 22.7 Å². The minimum atomic E-state index is -4.27. The Kier molecular flexibility index (Phi) is 16.2. The molecular formula is C50H50N2O8S4. The number of aryl methyl sites for hydroxylation is 8. The molecule has 0 spiro atoms. The number of para-hydroxylation sites is 2. The predicted molar refractivity (Wildman–Crippen MR) is 257 cm³/mol. The van der Waals surface area contributed by atoms with E-state index in [0.29, 0.717) is 11.5 Å². The van der Waals surface area contributed by atoms with Gasteiger partial charge in [-0.1, -0.05) is 82.3 Å². The molecule has 0 saturated carbocycles. The summed E-state index contributed by atoms with van der Waals surface area (Å²) in [7, 11) is -4.36. The van der Waals surface area contributed by atoms with E-state index < -0.39 is 20.2 Å². The number of aromatic hydroxyl groups is 2. The minimum Gasteiger partial charge on any atom is -0.744 e. The lowest BCUT2D eigenvalue weighted by Gasteiger charge is -2.05. The number of hydrogen-bond acceptors (Lipinski definition) is 10. The number of benzene rings is 6. The molecule has 0 bridgehead atoms. The Morgan fingerprint density at radius 1 is 0.469 bits per heavy atom. The summed E-state index contributed by atoms with van der Waals surface area (Å²) in [6.45, 7) is 11.4. The van der Waals surface area contributed by atoms with E-state index in [-0.39, 0.29) is 9.79 Å². The molecule has 0 aliphatic rings. The van der Waals surface area contributed by atoms with Crippen molar-refractivity contribution in [2.45, 2.75) is 51.3 Å². The van der Waals surface area contributed by atoms with Crippen molar-refractivity contribution in [1.82, 2.24) is 0 Å². The van der Waals surface area contributed by atoms with Crippen molar-refractivity contribution in [3.05, 3.63) is 176 Å². The van der Waals surface area contributed by atoms with Gasteiger partial charge in [0.15, 0.2) is 0 Å². The summed E-state index contributed by atoms with van der Waals surface area (Å²) in [6.07, 6.45) is 8.47. The Morgan fingerprint density at radius 3 is 1.05 bits per heavy atom. The third-order valence-electron chi connectivity index (χ3n) is 10.0. The highest BCUT2D eigenvalue weighted by Crippen LogP contribution is 2.27. The number of fused-ring (bicyclic) bond motifs is 2. The molecule has 0 aliphatic heterocycles. The molecule has 6 aromatic carbocycles. The van der Waals surface area contributed by atoms with Gasteiger partial charge >= 0.3 is 0 Å². The standard InChI is InChI=1S/2C18H17NOS.2C7H8O3S/c2*1-12-10-14(11-13(2)18(12)20)8-9-17-19(3)15-6-4-5-7-16(15)21-17;2*1-6-2-4-7(5-3-6)11(8,9)10/h2*4-11H,1-3H3;2*2-5H,1H3,(H,8,9,10). The third kappa shape index (κ3) is 13.0. The maximum atomic E-state index is 10.4. The van der Waals surface area contributed by atoms with E-state index in [1.807, 2.05) is 65.8 Å². The average molecular weight is 935 g/mol. The minimum absolute atomic E-state index is 0.178. The van der Waals surface area contributed by atoms with Crippen LogP contribution in [0.5, 0.6) is 11.5 Å². The number of hydrogen-bond donors (Lipinski definition) is 2. The lowest BCUT2D eigenvalue weighted by Crippen LogP contribution is -2.28. The Morgan fingerprint density at radius 2 is 0.766 bits per heavy atom. The second-order valence-electron chi connectivity index (χ2n) is 15.1. The smallest absolute Gasteiger partial charge is 0.262 e. The number of thiazole rings is 2. The highest BCUT2D eigenvalue weighted by atomic mass is 32.2. The van der Waals surface area contributed by atoms with E-state index in [1.165, 1.54) is 54.7 Å². The van der Waals surface area contributed by atoms with Crippen LogP contribution in [0.2, 0.25) is 0 Å². The van der Waals surface area contributed by atoms with Crippen LogP contribution in [-0.4, -0.2) is 36.2 Å². The van der Waals surface area contributed by atoms with Crippen molar-refractivity contribution in [3.8, 4) is 11.5 Å². The van der Waals surface area contributed by atoms with Gasteiger partial charge < -0.3 is 19.3 Å². The van der Waals surface area contributed by atoms with Gasteiger partial charge in [-0.25, -0.2) is 16.8 Å². The van der Waals surface area contributed by atoms with Gasteiger partial charge in [0.25, 0.3) is 10.0 Å². The van der Waals surface area contributed by atoms with Crippen LogP contribution in [0.3, 0.4) is 0 Å². The Balaban J connectivity index is 0.000000168. The summed E-state index contributed by atoms with van der Waals surface area (Å²) in [4.78, 5) is -0.355. The third-order valence-corrected chi connectivity index (χ3v) is 14.1. The lowest BCUT2D eigenvalue weighted by atomic mass is 10.1. The summed E-state index contributed by atoms with van der Waals surface area (Å²) in [5.74, 6) is 0.777. The van der Waals surface area contributed by atoms with Crippen LogP contribution < -0.4 is 9.13 Å². The van der Waals surface area contributed by atoms with E-state index in [4.69, 9.17) is 0 Å². The fourth-order valence-corrected chi connectivity index (χ4v) is 9.49. The Bertz CT molecular complexity index is 2940. The molecular weight excluding hydrogens is 885 g/mol. The molecule has 64 heavy (non-hydrogen) atoms. The summed E-state index contributed by atoms with van der Waals surface area (Å²) in [5, 5.41) is 22.1. The van der Waals surface area contributed by atoms with Crippen LogP contribution in [0.4, 0.5) is 0 Å². The molecule has 0 atom stereocenters. The topological polar surface area (TPSA) is 163 Å². The first-order valence-electron chi connectivity index (χ1n) is 19.9. The Hall–Kier alpha value is -6.00. The highest BCUT2D eigenvalue weighted by molar-refractivity contribution is 7.86. The van der Waals surface area contributed by atoms with Gasteiger partial charge in [0.05, 0.1) is 9.79 Å². The Labute approximate surface area is 383 Å². The maximum absolute atomic E-state index is 10.4. The van der Waals surface area contributed by atoms with Gasteiger partial charge in [-0.15, -0.1) is 0 Å². The first-order chi connectivity index (χ1) is 30.1. The van der Waals surface area contributed by atoms with Crippen molar-refractivity contribution in [2.24, 2.45) is 14.1 Å². The second kappa shape index (κ2) is 21.1. The zero-order valence-corrected chi connectivity index (χ0v) is 40.0. The van der Waals surface area contributed by atoms with Gasteiger partial charge in [0, 0.05) is 24.3 Å². The number of nitrogens with zero attached hydrogens (tertiary/aromatic N) is 2. The molecule has 0 amide bonds. The molecule has 8 rings (SSSR count). The fourth-order valence-electron chi connectivity index (χ4n) is 6.45. The van der Waals surface area contributed by atoms with Crippen LogP contribution in [-0.2, 0) is 34.3 Å².